The Morgan fingerprint density at radius 2 is 2.06 bits per heavy atom. The van der Waals surface area contributed by atoms with E-state index in [1.54, 1.807) is 6.07 Å². The Morgan fingerprint density at radius 3 is 2.65 bits per heavy atom. The van der Waals surface area contributed by atoms with Crippen molar-refractivity contribution in [3.8, 4) is 0 Å². The Bertz CT molecular complexity index is 355. The van der Waals surface area contributed by atoms with E-state index < -0.39 is 0 Å². The van der Waals surface area contributed by atoms with Crippen LogP contribution in [-0.4, -0.2) is 23.4 Å². The van der Waals surface area contributed by atoms with E-state index in [4.69, 9.17) is 23.2 Å². The lowest BCUT2D eigenvalue weighted by atomic mass is 10.1. The van der Waals surface area contributed by atoms with Crippen LogP contribution < -0.4 is 0 Å². The Labute approximate surface area is 113 Å². The lowest BCUT2D eigenvalue weighted by Crippen LogP contribution is -2.31. The number of alkyl halides is 1. The van der Waals surface area contributed by atoms with E-state index in [-0.39, 0.29) is 10.8 Å². The number of benzene rings is 1. The Kier molecular flexibility index (Phi) is 6.24. The molecule has 0 spiro atoms. The molecule has 0 saturated heterocycles. The second kappa shape index (κ2) is 7.20. The highest BCUT2D eigenvalue weighted by Crippen LogP contribution is 2.22. The number of rotatable bonds is 6. The smallest absolute Gasteiger partial charge is 0.142 e. The molecule has 4 heteroatoms. The molecule has 0 aliphatic carbocycles. The Hall–Kier alpha value is -0.310. The zero-order chi connectivity index (χ0) is 12.8. The molecule has 0 unspecified atom stereocenters. The van der Waals surface area contributed by atoms with Crippen molar-refractivity contribution in [1.82, 2.24) is 4.90 Å². The quantitative estimate of drug-likeness (QED) is 0.700. The molecule has 1 rings (SSSR count). The van der Waals surface area contributed by atoms with Gasteiger partial charge in [-0.2, -0.15) is 0 Å². The monoisotopic (exact) mass is 277 g/mol. The fourth-order valence-corrected chi connectivity index (χ4v) is 1.98. The van der Waals surface area contributed by atoms with Crippen molar-refractivity contribution in [2.24, 2.45) is 0 Å². The molecule has 0 heterocycles. The predicted molar refractivity (Wildman–Crippen MR) is 72.3 cm³/mol. The van der Waals surface area contributed by atoms with Gasteiger partial charge < -0.3 is 0 Å². The van der Waals surface area contributed by atoms with Gasteiger partial charge in [-0.3, -0.25) is 4.90 Å². The summed E-state index contributed by atoms with van der Waals surface area (Å²) in [5, 5.41) is 0.226. The molecule has 0 bridgehead atoms. The third-order valence-electron chi connectivity index (χ3n) is 2.71. The van der Waals surface area contributed by atoms with Crippen LogP contribution in [0.4, 0.5) is 4.39 Å². The third-order valence-corrected chi connectivity index (χ3v) is 3.40. The molecule has 17 heavy (non-hydrogen) atoms. The minimum Gasteiger partial charge on any atom is -0.297 e. The van der Waals surface area contributed by atoms with Crippen LogP contribution in [0.5, 0.6) is 0 Å². The van der Waals surface area contributed by atoms with E-state index in [1.807, 2.05) is 6.07 Å². The van der Waals surface area contributed by atoms with Gasteiger partial charge in [0.25, 0.3) is 0 Å². The maximum absolute atomic E-state index is 13.3. The summed E-state index contributed by atoms with van der Waals surface area (Å²) in [4.78, 5) is 2.24. The van der Waals surface area contributed by atoms with E-state index >= 15 is 0 Å². The molecule has 0 atom stereocenters. The maximum Gasteiger partial charge on any atom is 0.142 e. The second-order valence-corrected chi connectivity index (χ2v) is 5.08. The second-order valence-electron chi connectivity index (χ2n) is 4.32. The van der Waals surface area contributed by atoms with E-state index in [9.17, 15) is 4.39 Å². The van der Waals surface area contributed by atoms with Crippen LogP contribution in [0.1, 0.15) is 25.8 Å². The minimum atomic E-state index is -0.356. The van der Waals surface area contributed by atoms with Crippen LogP contribution in [0.2, 0.25) is 5.02 Å². The van der Waals surface area contributed by atoms with Crippen molar-refractivity contribution < 1.29 is 4.39 Å². The first-order valence-corrected chi connectivity index (χ1v) is 6.70. The number of halogens is 3. The van der Waals surface area contributed by atoms with Crippen molar-refractivity contribution in [2.45, 2.75) is 32.9 Å². The molecule has 0 aromatic heterocycles. The van der Waals surface area contributed by atoms with E-state index in [2.05, 4.69) is 18.7 Å². The molecule has 0 aliphatic rings. The van der Waals surface area contributed by atoms with Crippen molar-refractivity contribution in [1.29, 1.82) is 0 Å². The van der Waals surface area contributed by atoms with Gasteiger partial charge in [-0.25, -0.2) is 4.39 Å². The van der Waals surface area contributed by atoms with Gasteiger partial charge in [0.05, 0.1) is 5.02 Å². The summed E-state index contributed by atoms with van der Waals surface area (Å²) in [5.41, 5.74) is 0.829. The highest BCUT2D eigenvalue weighted by atomic mass is 35.5. The zero-order valence-corrected chi connectivity index (χ0v) is 11.7. The molecular weight excluding hydrogens is 260 g/mol. The largest absolute Gasteiger partial charge is 0.297 e. The molecule has 1 aromatic rings. The van der Waals surface area contributed by atoms with Crippen molar-refractivity contribution >= 4 is 23.2 Å². The maximum atomic E-state index is 13.3. The SMILES string of the molecule is CC(C)N(CCCCl)Cc1cccc(F)c1Cl. The number of nitrogens with zero attached hydrogens (tertiary/aromatic N) is 1. The van der Waals surface area contributed by atoms with E-state index in [1.165, 1.54) is 6.07 Å². The summed E-state index contributed by atoms with van der Waals surface area (Å²) >= 11 is 11.6. The first-order chi connectivity index (χ1) is 8.06. The average Bonchev–Trinajstić information content (AvgIpc) is 2.29. The standard InChI is InChI=1S/C13H18Cl2FN/c1-10(2)17(8-4-7-14)9-11-5-3-6-12(16)13(11)15/h3,5-6,10H,4,7-9H2,1-2H3. The minimum absolute atomic E-state index is 0.226. The van der Waals surface area contributed by atoms with Crippen LogP contribution in [0.15, 0.2) is 18.2 Å². The molecule has 1 nitrogen and oxygen atoms in total. The van der Waals surface area contributed by atoms with Gasteiger partial charge in [-0.05, 0) is 38.4 Å². The van der Waals surface area contributed by atoms with Crippen molar-refractivity contribution in [2.75, 3.05) is 12.4 Å². The molecule has 0 aliphatic heterocycles. The first-order valence-electron chi connectivity index (χ1n) is 5.79. The normalized spacial score (nSPS) is 11.5. The highest BCUT2D eigenvalue weighted by Gasteiger charge is 2.13. The zero-order valence-electron chi connectivity index (χ0n) is 10.2. The summed E-state index contributed by atoms with van der Waals surface area (Å²) in [6, 6.07) is 5.32. The first kappa shape index (κ1) is 14.7. The molecule has 0 radical (unpaired) electrons. The van der Waals surface area contributed by atoms with Gasteiger partial charge in [-0.1, -0.05) is 23.7 Å². The Morgan fingerprint density at radius 1 is 1.35 bits per heavy atom. The van der Waals surface area contributed by atoms with Crippen LogP contribution in [0, 0.1) is 5.82 Å². The molecule has 1 aromatic carbocycles. The molecule has 0 amide bonds. The number of hydrogen-bond donors (Lipinski definition) is 0. The fourth-order valence-electron chi connectivity index (χ4n) is 1.67. The summed E-state index contributed by atoms with van der Waals surface area (Å²) in [6.45, 7) is 5.78. The summed E-state index contributed by atoms with van der Waals surface area (Å²) in [6.07, 6.45) is 0.923. The van der Waals surface area contributed by atoms with Crippen LogP contribution in [0.3, 0.4) is 0 Å². The average molecular weight is 278 g/mol. The van der Waals surface area contributed by atoms with Crippen molar-refractivity contribution in [3.05, 3.63) is 34.6 Å². The van der Waals surface area contributed by atoms with Crippen LogP contribution in [-0.2, 0) is 6.54 Å². The summed E-state index contributed by atoms with van der Waals surface area (Å²) in [5.74, 6) is 0.283. The van der Waals surface area contributed by atoms with Gasteiger partial charge in [0, 0.05) is 18.5 Å². The third kappa shape index (κ3) is 4.46. The predicted octanol–water partition coefficient (Wildman–Crippen LogP) is 4.32. The number of hydrogen-bond acceptors (Lipinski definition) is 1. The van der Waals surface area contributed by atoms with Gasteiger partial charge >= 0.3 is 0 Å². The molecular formula is C13H18Cl2FN. The van der Waals surface area contributed by atoms with Gasteiger partial charge in [0.15, 0.2) is 0 Å². The van der Waals surface area contributed by atoms with Crippen molar-refractivity contribution in [3.63, 3.8) is 0 Å². The van der Waals surface area contributed by atoms with Gasteiger partial charge in [0.1, 0.15) is 5.82 Å². The Balaban J connectivity index is 2.75. The lowest BCUT2D eigenvalue weighted by Gasteiger charge is -2.26. The summed E-state index contributed by atoms with van der Waals surface area (Å²) < 4.78 is 13.3. The van der Waals surface area contributed by atoms with E-state index in [0.29, 0.717) is 18.5 Å². The van der Waals surface area contributed by atoms with Crippen LogP contribution >= 0.6 is 23.2 Å². The molecule has 0 saturated carbocycles. The highest BCUT2D eigenvalue weighted by molar-refractivity contribution is 6.31. The van der Waals surface area contributed by atoms with E-state index in [0.717, 1.165) is 18.5 Å². The molecule has 0 fully saturated rings. The van der Waals surface area contributed by atoms with Gasteiger partial charge in [0.2, 0.25) is 0 Å². The molecule has 96 valence electrons. The van der Waals surface area contributed by atoms with Gasteiger partial charge in [-0.15, -0.1) is 11.6 Å². The van der Waals surface area contributed by atoms with Crippen LogP contribution in [0.25, 0.3) is 0 Å². The molecule has 0 N–H and O–H groups in total. The lowest BCUT2D eigenvalue weighted by molar-refractivity contribution is 0.213. The fraction of sp³-hybridized carbons (Fsp3) is 0.538. The topological polar surface area (TPSA) is 3.24 Å². The summed E-state index contributed by atoms with van der Waals surface area (Å²) in [7, 11) is 0.